The first-order valence-electron chi connectivity index (χ1n) is 9.74. The van der Waals surface area contributed by atoms with Gasteiger partial charge in [-0.05, 0) is 26.7 Å². The van der Waals surface area contributed by atoms with Crippen molar-refractivity contribution in [2.75, 3.05) is 19.8 Å². The molecule has 0 aliphatic carbocycles. The van der Waals surface area contributed by atoms with Gasteiger partial charge < -0.3 is 33.6 Å². The topological polar surface area (TPSA) is 199 Å². The number of phosphoric acid groups is 2. The van der Waals surface area contributed by atoms with Crippen molar-refractivity contribution in [2.45, 2.75) is 57.0 Å². The number of ether oxygens (including phenoxy) is 3. The summed E-state index contributed by atoms with van der Waals surface area (Å²) in [6.45, 7) is 2.51. The van der Waals surface area contributed by atoms with Gasteiger partial charge in [0.1, 0.15) is 24.0 Å². The van der Waals surface area contributed by atoms with Gasteiger partial charge in [-0.2, -0.15) is 0 Å². The lowest BCUT2D eigenvalue weighted by Crippen LogP contribution is -2.32. The van der Waals surface area contributed by atoms with Crippen molar-refractivity contribution in [2.24, 2.45) is 4.99 Å². The Morgan fingerprint density at radius 1 is 1.22 bits per heavy atom. The number of aromatic nitrogens is 3. The van der Waals surface area contributed by atoms with Crippen LogP contribution >= 0.6 is 15.6 Å². The summed E-state index contributed by atoms with van der Waals surface area (Å²) in [7, 11) is -10.2. The van der Waals surface area contributed by atoms with Gasteiger partial charge in [-0.3, -0.25) is 14.1 Å². The van der Waals surface area contributed by atoms with E-state index >= 15 is 0 Å². The Labute approximate surface area is 182 Å². The average molecular weight is 496 g/mol. The lowest BCUT2D eigenvalue weighted by molar-refractivity contribution is -0.219. The summed E-state index contributed by atoms with van der Waals surface area (Å²) in [6, 6.07) is 0. The summed E-state index contributed by atoms with van der Waals surface area (Å²) in [4.78, 5) is 25.5. The average Bonchev–Trinajstić information content (AvgIpc) is 3.34. The molecule has 4 heterocycles. The number of rotatable bonds is 0. The van der Waals surface area contributed by atoms with E-state index < -0.39 is 58.5 Å². The monoisotopic (exact) mass is 496 g/mol. The van der Waals surface area contributed by atoms with E-state index in [1.54, 1.807) is 13.8 Å². The molecule has 0 saturated carbocycles. The largest absolute Gasteiger partial charge is 0.857 e. The Morgan fingerprint density at radius 3 is 2.75 bits per heavy atom. The van der Waals surface area contributed by atoms with Crippen LogP contribution in [0.15, 0.2) is 11.2 Å². The van der Waals surface area contributed by atoms with Gasteiger partial charge in [0.25, 0.3) is 7.82 Å². The van der Waals surface area contributed by atoms with Gasteiger partial charge >= 0.3 is 7.82 Å². The first-order chi connectivity index (χ1) is 14.9. The molecule has 1 aromatic heterocycles. The molecular weight excluding hydrogens is 474 g/mol. The molecule has 3 aliphatic rings. The molecule has 0 radical (unpaired) electrons. The third-order valence-electron chi connectivity index (χ3n) is 4.78. The van der Waals surface area contributed by atoms with Crippen LogP contribution in [0.2, 0.25) is 0 Å². The van der Waals surface area contributed by atoms with Gasteiger partial charge in [-0.1, -0.05) is 5.21 Å². The maximum absolute atomic E-state index is 12.2. The molecule has 0 amide bonds. The molecule has 1 aromatic rings. The summed E-state index contributed by atoms with van der Waals surface area (Å²) in [6.07, 6.45) is -1.50. The van der Waals surface area contributed by atoms with Crippen molar-refractivity contribution in [1.29, 1.82) is 0 Å². The fourth-order valence-electron chi connectivity index (χ4n) is 3.50. The van der Waals surface area contributed by atoms with E-state index in [0.717, 1.165) is 0 Å². The number of nitrogens with zero attached hydrogens (tertiary/aromatic N) is 4. The standard InChI is InChI=1S/C15H24N4O11P2/c1-15(2)28-11-10-8-26-32(23,24)30-31(21,22)25-6-4-3-5-16-13(20)9-7-19(18-17-9)14(27-10)12(11)29-15/h7,10-12,14H,3-6,8H2,1-2H3,(H,16,20)(H,21,22)(H,23,24)/p-2/t10-,11-,12-,14-/m1/s1. The molecule has 17 heteroatoms. The SMILES string of the molecule is CC1(C)O[C@@H]2[C@H](O1)[C@H]1COP(=O)(O)OP(=O)([O-])OCCCCN=C([O-])c3cn(nn3)[C@@H]2O1. The Morgan fingerprint density at radius 2 is 1.97 bits per heavy atom. The van der Waals surface area contributed by atoms with Crippen LogP contribution in [0.5, 0.6) is 0 Å². The molecule has 180 valence electrons. The van der Waals surface area contributed by atoms with Crippen LogP contribution in [-0.4, -0.2) is 69.6 Å². The van der Waals surface area contributed by atoms with E-state index in [9.17, 15) is 24.0 Å². The van der Waals surface area contributed by atoms with Crippen LogP contribution in [-0.2, 0) is 36.7 Å². The molecular formula is C15H22N4O11P2-2. The van der Waals surface area contributed by atoms with E-state index in [1.807, 2.05) is 0 Å². The summed E-state index contributed by atoms with van der Waals surface area (Å²) in [5.41, 5.74) is -0.0160. The fourth-order valence-corrected chi connectivity index (χ4v) is 5.57. The Kier molecular flexibility index (Phi) is 6.60. The van der Waals surface area contributed by atoms with Crippen molar-refractivity contribution < 1.29 is 51.6 Å². The van der Waals surface area contributed by atoms with Gasteiger partial charge in [0.15, 0.2) is 12.0 Å². The van der Waals surface area contributed by atoms with Gasteiger partial charge in [0.2, 0.25) is 0 Å². The van der Waals surface area contributed by atoms with Crippen molar-refractivity contribution in [3.05, 3.63) is 11.9 Å². The van der Waals surface area contributed by atoms with Gasteiger partial charge in [-0.25, -0.2) is 13.6 Å². The van der Waals surface area contributed by atoms with Crippen molar-refractivity contribution in [1.82, 2.24) is 15.0 Å². The minimum absolute atomic E-state index is 0.0160. The molecule has 2 saturated heterocycles. The molecule has 4 bridgehead atoms. The summed E-state index contributed by atoms with van der Waals surface area (Å²) in [5, 5.41) is 20.0. The predicted octanol–water partition coefficient (Wildman–Crippen LogP) is -0.785. The Hall–Kier alpha value is -1.25. The van der Waals surface area contributed by atoms with E-state index in [4.69, 9.17) is 18.7 Å². The molecule has 2 unspecified atom stereocenters. The van der Waals surface area contributed by atoms with E-state index in [-0.39, 0.29) is 25.3 Å². The minimum Gasteiger partial charge on any atom is -0.857 e. The highest BCUT2D eigenvalue weighted by atomic mass is 31.3. The molecule has 0 aromatic carbocycles. The second-order valence-corrected chi connectivity index (χ2v) is 10.7. The fraction of sp³-hybridized carbons (Fsp3) is 0.800. The summed E-state index contributed by atoms with van der Waals surface area (Å²) >= 11 is 0. The highest BCUT2D eigenvalue weighted by molar-refractivity contribution is 7.60. The predicted molar refractivity (Wildman–Crippen MR) is 98.8 cm³/mol. The van der Waals surface area contributed by atoms with Crippen molar-refractivity contribution in [3.63, 3.8) is 0 Å². The number of aliphatic imine (C=N–C) groups is 1. The van der Waals surface area contributed by atoms with E-state index in [1.165, 1.54) is 10.9 Å². The highest BCUT2D eigenvalue weighted by Crippen LogP contribution is 2.58. The number of fused-ring (bicyclic) bond motifs is 8. The second kappa shape index (κ2) is 8.84. The second-order valence-electron chi connectivity index (χ2n) is 7.73. The van der Waals surface area contributed by atoms with Crippen LogP contribution < -0.4 is 10.00 Å². The van der Waals surface area contributed by atoms with Crippen LogP contribution in [0.25, 0.3) is 0 Å². The molecule has 2 fully saturated rings. The van der Waals surface area contributed by atoms with Gasteiger partial charge in [0, 0.05) is 12.4 Å². The lowest BCUT2D eigenvalue weighted by Gasteiger charge is -2.26. The summed E-state index contributed by atoms with van der Waals surface area (Å²) in [5.74, 6) is -1.62. The zero-order chi connectivity index (χ0) is 23.1. The molecule has 0 spiro atoms. The van der Waals surface area contributed by atoms with Crippen LogP contribution in [0, 0.1) is 0 Å². The normalized spacial score (nSPS) is 40.8. The maximum Gasteiger partial charge on any atom is 0.478 e. The first kappa shape index (κ1) is 23.9. The van der Waals surface area contributed by atoms with E-state index in [0.29, 0.717) is 6.42 Å². The van der Waals surface area contributed by atoms with Gasteiger partial charge in [-0.15, -0.1) is 5.10 Å². The third kappa shape index (κ3) is 5.45. The third-order valence-corrected chi connectivity index (χ3v) is 7.38. The number of hydrogen-bond acceptors (Lipinski definition) is 13. The zero-order valence-corrected chi connectivity index (χ0v) is 18.9. The lowest BCUT2D eigenvalue weighted by atomic mass is 10.1. The highest BCUT2D eigenvalue weighted by Gasteiger charge is 2.56. The van der Waals surface area contributed by atoms with Crippen molar-refractivity contribution >= 4 is 21.5 Å². The van der Waals surface area contributed by atoms with Crippen LogP contribution in [0.4, 0.5) is 0 Å². The Balaban J connectivity index is 1.61. The molecule has 32 heavy (non-hydrogen) atoms. The van der Waals surface area contributed by atoms with Crippen LogP contribution in [0.1, 0.15) is 38.6 Å². The molecule has 4 rings (SSSR count). The maximum atomic E-state index is 12.2. The summed E-state index contributed by atoms with van der Waals surface area (Å²) < 4.78 is 56.3. The zero-order valence-electron chi connectivity index (χ0n) is 17.1. The Bertz CT molecular complexity index is 969. The van der Waals surface area contributed by atoms with Gasteiger partial charge in [0.05, 0.1) is 19.4 Å². The number of hydrogen-bond donors (Lipinski definition) is 1. The molecule has 15 nitrogen and oxygen atoms in total. The van der Waals surface area contributed by atoms with Crippen molar-refractivity contribution in [3.8, 4) is 0 Å². The molecule has 6 atom stereocenters. The van der Waals surface area contributed by atoms with Crippen LogP contribution in [0.3, 0.4) is 0 Å². The van der Waals surface area contributed by atoms with E-state index in [2.05, 4.69) is 24.1 Å². The molecule has 3 aliphatic heterocycles. The smallest absolute Gasteiger partial charge is 0.478 e. The number of phosphoric ester groups is 2. The minimum atomic E-state index is -5.13. The quantitative estimate of drug-likeness (QED) is 0.439. The first-order valence-corrected chi connectivity index (χ1v) is 12.7. The molecule has 1 N–H and O–H groups in total.